The smallest absolute Gasteiger partial charge is 0.410 e. The number of carbonyl (C=O) groups excluding carboxylic acids is 1. The van der Waals surface area contributed by atoms with Gasteiger partial charge in [-0.2, -0.15) is 10.2 Å². The van der Waals surface area contributed by atoms with E-state index in [9.17, 15) is 15.2 Å². The topological polar surface area (TPSA) is 152 Å². The predicted molar refractivity (Wildman–Crippen MR) is 205 cm³/mol. The van der Waals surface area contributed by atoms with Crippen LogP contribution in [0.4, 0.5) is 15.6 Å². The van der Waals surface area contributed by atoms with Gasteiger partial charge in [-0.1, -0.05) is 5.16 Å². The summed E-state index contributed by atoms with van der Waals surface area (Å²) in [6, 6.07) is 4.09. The molecule has 1 amide bonds. The minimum Gasteiger partial charge on any atom is -0.473 e. The van der Waals surface area contributed by atoms with E-state index >= 15 is 0 Å². The fraction of sp³-hybridized carbons (Fsp3) is 0.684. The van der Waals surface area contributed by atoms with Gasteiger partial charge in [0.2, 0.25) is 11.7 Å². The van der Waals surface area contributed by atoms with Crippen molar-refractivity contribution in [3.8, 4) is 11.9 Å². The van der Waals surface area contributed by atoms with Gasteiger partial charge in [0.15, 0.2) is 0 Å². The van der Waals surface area contributed by atoms with E-state index < -0.39 is 16.8 Å². The number of nitriles is 1. The van der Waals surface area contributed by atoms with Crippen LogP contribution in [0.15, 0.2) is 16.2 Å². The molecule has 0 radical (unpaired) electrons. The van der Waals surface area contributed by atoms with Crippen molar-refractivity contribution in [2.24, 2.45) is 10.1 Å². The molecule has 1 aliphatic carbocycles. The lowest BCUT2D eigenvalue weighted by Gasteiger charge is -2.45. The van der Waals surface area contributed by atoms with E-state index in [2.05, 4.69) is 40.0 Å². The van der Waals surface area contributed by atoms with Crippen LogP contribution in [0.3, 0.4) is 0 Å². The van der Waals surface area contributed by atoms with Crippen molar-refractivity contribution in [3.63, 3.8) is 0 Å². The zero-order valence-electron chi connectivity index (χ0n) is 32.8. The number of likely N-dealkylation sites (tertiary alicyclic amines) is 1. The van der Waals surface area contributed by atoms with Crippen molar-refractivity contribution in [1.29, 1.82) is 5.26 Å². The lowest BCUT2D eigenvalue weighted by Crippen LogP contribution is -2.59. The van der Waals surface area contributed by atoms with E-state index in [-0.39, 0.29) is 42.6 Å². The van der Waals surface area contributed by atoms with Crippen LogP contribution in [0.5, 0.6) is 5.88 Å². The molecular formula is C38H55N9O5S. The lowest BCUT2D eigenvalue weighted by atomic mass is 9.68. The van der Waals surface area contributed by atoms with Gasteiger partial charge in [-0.25, -0.2) is 14.8 Å². The van der Waals surface area contributed by atoms with Gasteiger partial charge in [0, 0.05) is 49.6 Å². The Balaban J connectivity index is 1.32. The third kappa shape index (κ3) is 7.82. The summed E-state index contributed by atoms with van der Waals surface area (Å²) in [6.45, 7) is 15.7. The Labute approximate surface area is 317 Å². The predicted octanol–water partition coefficient (Wildman–Crippen LogP) is 5.54. The minimum absolute atomic E-state index is 0.0169. The average molecular weight is 750 g/mol. The summed E-state index contributed by atoms with van der Waals surface area (Å²) >= 11 is 1.54. The van der Waals surface area contributed by atoms with Crippen molar-refractivity contribution >= 4 is 40.3 Å². The van der Waals surface area contributed by atoms with Crippen molar-refractivity contribution in [3.05, 3.63) is 27.9 Å². The molecule has 2 aromatic rings. The number of hydrogen-bond donors (Lipinski definition) is 1. The molecule has 14 nitrogen and oxygen atoms in total. The number of likely N-dealkylation sites (N-methyl/N-ethyl adjacent to an activating group) is 1. The maximum atomic E-state index is 13.2. The highest BCUT2D eigenvalue weighted by Crippen LogP contribution is 2.51. The Morgan fingerprint density at radius 2 is 1.96 bits per heavy atom. The fourth-order valence-corrected chi connectivity index (χ4v) is 9.49. The molecule has 6 rings (SSSR count). The SMILES string of the molecule is C[C@H](Oc1cc(N2C[C@H](C)N(C(=O)OC(C)(C)C)[C@@H](C)C2)nc(C2(O)CC([C@@]3(C)CCCc4sc(/N=C/N(C)C)c(C#N)c43)=NO2)n1)[C@@H]1CCCN1C. The van der Waals surface area contributed by atoms with E-state index in [1.165, 1.54) is 11.3 Å². The quantitative estimate of drug-likeness (QED) is 0.268. The highest BCUT2D eigenvalue weighted by atomic mass is 32.1. The Hall–Kier alpha value is -4.00. The average Bonchev–Trinajstić information content (AvgIpc) is 3.80. The highest BCUT2D eigenvalue weighted by Gasteiger charge is 2.51. The van der Waals surface area contributed by atoms with Gasteiger partial charge in [-0.3, -0.25) is 9.80 Å². The molecule has 288 valence electrons. The normalized spacial score (nSPS) is 28.3. The number of aromatic nitrogens is 2. The standard InChI is InChI=1S/C38H55N9O5S/c1-23-20-46(21-24(2)47(23)35(48)51-36(4,5)6)30-17-31(50-25(3)27-13-12-16-45(27)10)42-34(41-30)38(49)18-29(43-52-38)37(7)15-11-14-28-32(37)26(19-39)33(53-28)40-22-44(8)9/h17,22-25,27,49H,11-16,18,20-21H2,1-10H3/b40-22+/t23-,24-,25-,27-,37+,38?/m0/s1. The van der Waals surface area contributed by atoms with Gasteiger partial charge < -0.3 is 29.2 Å². The largest absolute Gasteiger partial charge is 0.473 e. The van der Waals surface area contributed by atoms with Gasteiger partial charge in [-0.15, -0.1) is 11.3 Å². The molecule has 0 aromatic carbocycles. The summed E-state index contributed by atoms with van der Waals surface area (Å²) in [7, 11) is 5.89. The first kappa shape index (κ1) is 38.7. The van der Waals surface area contributed by atoms with Crippen LogP contribution in [-0.4, -0.2) is 119 Å². The van der Waals surface area contributed by atoms with Gasteiger partial charge in [0.25, 0.3) is 0 Å². The number of thiophene rings is 1. The number of aliphatic imine (C=N–C) groups is 1. The molecular weight excluding hydrogens is 695 g/mol. The van der Waals surface area contributed by atoms with E-state index in [0.717, 1.165) is 49.1 Å². The number of aliphatic hydroxyl groups is 1. The number of oxime groups is 1. The molecule has 0 spiro atoms. The Kier molecular flexibility index (Phi) is 10.7. The van der Waals surface area contributed by atoms with Gasteiger partial charge in [-0.05, 0) is 99.7 Å². The van der Waals surface area contributed by atoms with Crippen molar-refractivity contribution in [2.45, 2.75) is 128 Å². The minimum atomic E-state index is -1.97. The molecule has 1 unspecified atom stereocenters. The molecule has 1 N–H and O–H groups in total. The lowest BCUT2D eigenvalue weighted by molar-refractivity contribution is -0.199. The number of nitrogens with zero attached hydrogens (tertiary/aromatic N) is 9. The van der Waals surface area contributed by atoms with Crippen molar-refractivity contribution in [2.75, 3.05) is 45.7 Å². The van der Waals surface area contributed by atoms with Crippen LogP contribution in [0.2, 0.25) is 0 Å². The number of ether oxygens (including phenoxy) is 2. The van der Waals surface area contributed by atoms with Crippen LogP contribution < -0.4 is 9.64 Å². The number of carbonyl (C=O) groups is 1. The Morgan fingerprint density at radius 3 is 2.58 bits per heavy atom. The van der Waals surface area contributed by atoms with Crippen LogP contribution in [0.25, 0.3) is 0 Å². The van der Waals surface area contributed by atoms with Crippen molar-refractivity contribution < 1.29 is 24.2 Å². The summed E-state index contributed by atoms with van der Waals surface area (Å²) in [6.07, 6.45) is 5.80. The number of hydrogen-bond acceptors (Lipinski definition) is 13. The highest BCUT2D eigenvalue weighted by molar-refractivity contribution is 7.16. The number of amides is 1. The molecule has 15 heteroatoms. The van der Waals surface area contributed by atoms with Gasteiger partial charge in [0.1, 0.15) is 28.6 Å². The molecule has 0 bridgehead atoms. The zero-order chi connectivity index (χ0) is 38.5. The zero-order valence-corrected chi connectivity index (χ0v) is 33.7. The summed E-state index contributed by atoms with van der Waals surface area (Å²) in [5, 5.41) is 27.8. The molecule has 3 aliphatic heterocycles. The van der Waals surface area contributed by atoms with Crippen molar-refractivity contribution in [1.82, 2.24) is 24.7 Å². The van der Waals surface area contributed by atoms with E-state index in [1.54, 1.807) is 11.2 Å². The first-order valence-electron chi connectivity index (χ1n) is 18.7. The summed E-state index contributed by atoms with van der Waals surface area (Å²) in [5.41, 5.74) is 0.808. The third-order valence-electron chi connectivity index (χ3n) is 10.8. The molecule has 53 heavy (non-hydrogen) atoms. The second-order valence-corrected chi connectivity index (χ2v) is 17.7. The maximum absolute atomic E-state index is 13.2. The van der Waals surface area contributed by atoms with E-state index in [4.69, 9.17) is 24.3 Å². The molecule has 4 aliphatic rings. The summed E-state index contributed by atoms with van der Waals surface area (Å²) < 4.78 is 12.3. The molecule has 5 heterocycles. The van der Waals surface area contributed by atoms with E-state index in [1.807, 2.05) is 66.6 Å². The number of aryl methyl sites for hydroxylation is 1. The first-order valence-corrected chi connectivity index (χ1v) is 19.5. The molecule has 0 saturated carbocycles. The number of fused-ring (bicyclic) bond motifs is 1. The Bertz CT molecular complexity index is 1790. The molecule has 2 fully saturated rings. The van der Waals surface area contributed by atoms with Gasteiger partial charge >= 0.3 is 11.9 Å². The number of anilines is 1. The maximum Gasteiger partial charge on any atom is 0.410 e. The third-order valence-corrected chi connectivity index (χ3v) is 11.9. The summed E-state index contributed by atoms with van der Waals surface area (Å²) in [4.78, 5) is 42.6. The first-order chi connectivity index (χ1) is 24.9. The Morgan fingerprint density at radius 1 is 1.25 bits per heavy atom. The summed E-state index contributed by atoms with van der Waals surface area (Å²) in [5.74, 6) is -1.03. The van der Waals surface area contributed by atoms with Crippen LogP contribution in [0.1, 0.15) is 102 Å². The molecule has 2 saturated heterocycles. The van der Waals surface area contributed by atoms with Crippen LogP contribution in [0, 0.1) is 11.3 Å². The van der Waals surface area contributed by atoms with Crippen LogP contribution >= 0.6 is 11.3 Å². The monoisotopic (exact) mass is 749 g/mol. The fourth-order valence-electron chi connectivity index (χ4n) is 8.23. The molecule has 6 atom stereocenters. The number of rotatable bonds is 8. The van der Waals surface area contributed by atoms with E-state index in [0.29, 0.717) is 41.1 Å². The van der Waals surface area contributed by atoms with Gasteiger partial charge in [0.05, 0.1) is 36.1 Å². The molecule has 2 aromatic heterocycles. The second kappa shape index (κ2) is 14.7. The van der Waals surface area contributed by atoms with Crippen LogP contribution in [-0.2, 0) is 27.2 Å². The number of piperazine rings is 1. The second-order valence-electron chi connectivity index (χ2n) is 16.6.